The number of rotatable bonds is 3. The van der Waals surface area contributed by atoms with Crippen LogP contribution in [0, 0.1) is 5.41 Å². The highest BCUT2D eigenvalue weighted by Gasteiger charge is 2.51. The molecule has 0 spiro atoms. The van der Waals surface area contributed by atoms with E-state index in [1.807, 2.05) is 4.90 Å². The average molecular weight is 344 g/mol. The summed E-state index contributed by atoms with van der Waals surface area (Å²) in [5.74, 6) is -0.668. The van der Waals surface area contributed by atoms with Gasteiger partial charge in [0.25, 0.3) is 0 Å². The molecule has 102 valence electrons. The van der Waals surface area contributed by atoms with Crippen LogP contribution in [0.5, 0.6) is 0 Å². The summed E-state index contributed by atoms with van der Waals surface area (Å²) < 4.78 is 0.650. The van der Waals surface area contributed by atoms with Crippen molar-refractivity contribution < 1.29 is 14.7 Å². The van der Waals surface area contributed by atoms with Gasteiger partial charge in [-0.3, -0.25) is 4.79 Å². The van der Waals surface area contributed by atoms with Crippen LogP contribution in [0.1, 0.15) is 46.3 Å². The molecule has 0 bridgehead atoms. The molecular weight excluding hydrogens is 330 g/mol. The standard InChI is InChI=1S/C13H14BrNO3S/c1-2-13(3-4-13)12(18)15-5-7-8(6-15)19-10(9(7)14)11(16)17/h2-6H2,1H3,(H,16,17). The third-order valence-corrected chi connectivity index (χ3v) is 6.52. The van der Waals surface area contributed by atoms with Gasteiger partial charge in [0.1, 0.15) is 4.88 Å². The zero-order valence-corrected chi connectivity index (χ0v) is 12.9. The van der Waals surface area contributed by atoms with E-state index < -0.39 is 5.97 Å². The summed E-state index contributed by atoms with van der Waals surface area (Å²) in [4.78, 5) is 26.7. The van der Waals surface area contributed by atoms with Crippen LogP contribution in [-0.4, -0.2) is 21.9 Å². The molecule has 1 aliphatic carbocycles. The normalized spacial score (nSPS) is 19.4. The van der Waals surface area contributed by atoms with Gasteiger partial charge in [-0.2, -0.15) is 0 Å². The van der Waals surface area contributed by atoms with Crippen LogP contribution in [0.4, 0.5) is 0 Å². The molecule has 1 saturated carbocycles. The number of amides is 1. The topological polar surface area (TPSA) is 57.6 Å². The van der Waals surface area contributed by atoms with Crippen LogP contribution >= 0.6 is 27.3 Å². The van der Waals surface area contributed by atoms with Crippen LogP contribution in [0.3, 0.4) is 0 Å². The number of fused-ring (bicyclic) bond motifs is 1. The fraction of sp³-hybridized carbons (Fsp3) is 0.538. The fourth-order valence-electron chi connectivity index (χ4n) is 2.68. The van der Waals surface area contributed by atoms with Crippen LogP contribution in [-0.2, 0) is 17.9 Å². The van der Waals surface area contributed by atoms with E-state index in [1.54, 1.807) is 0 Å². The summed E-state index contributed by atoms with van der Waals surface area (Å²) in [5.41, 5.74) is 0.860. The first-order valence-electron chi connectivity index (χ1n) is 6.31. The lowest BCUT2D eigenvalue weighted by Gasteiger charge is -2.21. The number of aromatic carboxylic acids is 1. The van der Waals surface area contributed by atoms with Gasteiger partial charge in [-0.15, -0.1) is 11.3 Å². The van der Waals surface area contributed by atoms with Crippen molar-refractivity contribution in [3.8, 4) is 0 Å². The first-order valence-corrected chi connectivity index (χ1v) is 7.92. The van der Waals surface area contributed by atoms with E-state index >= 15 is 0 Å². The number of halogens is 1. The van der Waals surface area contributed by atoms with Crippen molar-refractivity contribution in [2.24, 2.45) is 5.41 Å². The Labute approximate surface area is 123 Å². The highest BCUT2D eigenvalue weighted by Crippen LogP contribution is 2.51. The van der Waals surface area contributed by atoms with Crippen molar-refractivity contribution in [1.82, 2.24) is 4.90 Å². The van der Waals surface area contributed by atoms with Crippen LogP contribution in [0.15, 0.2) is 4.47 Å². The SMILES string of the molecule is CCC1(C(=O)N2Cc3sc(C(=O)O)c(Br)c3C2)CC1. The van der Waals surface area contributed by atoms with Crippen LogP contribution < -0.4 is 0 Å². The molecule has 0 radical (unpaired) electrons. The van der Waals surface area contributed by atoms with Crippen LogP contribution in [0.2, 0.25) is 0 Å². The third kappa shape index (κ3) is 1.92. The molecular formula is C13H14BrNO3S. The molecule has 0 atom stereocenters. The highest BCUT2D eigenvalue weighted by molar-refractivity contribution is 9.10. The van der Waals surface area contributed by atoms with Crippen molar-refractivity contribution in [3.05, 3.63) is 19.8 Å². The van der Waals surface area contributed by atoms with E-state index in [2.05, 4.69) is 22.9 Å². The summed E-state index contributed by atoms with van der Waals surface area (Å²) in [6.45, 7) is 3.17. The van der Waals surface area contributed by atoms with E-state index in [0.717, 1.165) is 29.7 Å². The maximum atomic E-state index is 12.5. The minimum atomic E-state index is -0.906. The molecule has 1 fully saturated rings. The smallest absolute Gasteiger partial charge is 0.347 e. The molecule has 19 heavy (non-hydrogen) atoms. The summed E-state index contributed by atoms with van der Waals surface area (Å²) >= 11 is 4.63. The number of hydrogen-bond acceptors (Lipinski definition) is 3. The lowest BCUT2D eigenvalue weighted by molar-refractivity contribution is -0.137. The van der Waals surface area contributed by atoms with Gasteiger partial charge in [-0.25, -0.2) is 4.79 Å². The van der Waals surface area contributed by atoms with Crippen molar-refractivity contribution in [2.45, 2.75) is 39.3 Å². The molecule has 1 aromatic heterocycles. The molecule has 0 unspecified atom stereocenters. The van der Waals surface area contributed by atoms with Gasteiger partial charge in [0.2, 0.25) is 5.91 Å². The second kappa shape index (κ2) is 4.31. The number of carboxylic acids is 1. The van der Waals surface area contributed by atoms with Gasteiger partial charge in [0, 0.05) is 26.9 Å². The molecule has 1 aromatic rings. The molecule has 2 heterocycles. The Kier molecular flexibility index (Phi) is 2.98. The number of hydrogen-bond donors (Lipinski definition) is 1. The van der Waals surface area contributed by atoms with Gasteiger partial charge in [0.05, 0.1) is 6.54 Å². The van der Waals surface area contributed by atoms with Gasteiger partial charge in [0.15, 0.2) is 0 Å². The Balaban J connectivity index is 1.82. The van der Waals surface area contributed by atoms with Gasteiger partial charge in [-0.1, -0.05) is 6.92 Å². The Morgan fingerprint density at radius 2 is 2.11 bits per heavy atom. The van der Waals surface area contributed by atoms with E-state index in [0.29, 0.717) is 22.4 Å². The summed E-state index contributed by atoms with van der Waals surface area (Å²) in [6, 6.07) is 0. The zero-order valence-electron chi connectivity index (χ0n) is 10.5. The van der Waals surface area contributed by atoms with Crippen molar-refractivity contribution >= 4 is 39.1 Å². The second-order valence-electron chi connectivity index (χ2n) is 5.25. The molecule has 0 aromatic carbocycles. The van der Waals surface area contributed by atoms with Crippen molar-refractivity contribution in [2.75, 3.05) is 0 Å². The van der Waals surface area contributed by atoms with Crippen molar-refractivity contribution in [3.63, 3.8) is 0 Å². The summed E-state index contributed by atoms with van der Waals surface area (Å²) in [5, 5.41) is 9.08. The molecule has 1 aliphatic heterocycles. The summed E-state index contributed by atoms with van der Waals surface area (Å²) in [6.07, 6.45) is 2.89. The fourth-order valence-corrected chi connectivity index (χ4v) is 4.65. The highest BCUT2D eigenvalue weighted by atomic mass is 79.9. The largest absolute Gasteiger partial charge is 0.477 e. The first kappa shape index (κ1) is 13.1. The Morgan fingerprint density at radius 1 is 1.42 bits per heavy atom. The predicted octanol–water partition coefficient (Wildman–Crippen LogP) is 3.24. The average Bonchev–Trinajstić information content (AvgIpc) is 2.97. The maximum Gasteiger partial charge on any atom is 0.347 e. The number of carbonyl (C=O) groups excluding carboxylic acids is 1. The van der Waals surface area contributed by atoms with Gasteiger partial charge in [-0.05, 0) is 35.2 Å². The van der Waals surface area contributed by atoms with E-state index in [-0.39, 0.29) is 11.3 Å². The minimum absolute atomic E-state index is 0.115. The Morgan fingerprint density at radius 3 is 2.58 bits per heavy atom. The second-order valence-corrected chi connectivity index (χ2v) is 7.15. The number of thiophene rings is 1. The lowest BCUT2D eigenvalue weighted by atomic mass is 10.0. The monoisotopic (exact) mass is 343 g/mol. The molecule has 3 rings (SSSR count). The maximum absolute atomic E-state index is 12.5. The molecule has 4 nitrogen and oxygen atoms in total. The molecule has 1 N–H and O–H groups in total. The van der Waals surface area contributed by atoms with E-state index in [4.69, 9.17) is 5.11 Å². The number of nitrogens with zero attached hydrogens (tertiary/aromatic N) is 1. The van der Waals surface area contributed by atoms with Gasteiger partial charge >= 0.3 is 5.97 Å². The predicted molar refractivity (Wildman–Crippen MR) is 75.2 cm³/mol. The quantitative estimate of drug-likeness (QED) is 0.916. The van der Waals surface area contributed by atoms with E-state index in [1.165, 1.54) is 11.3 Å². The lowest BCUT2D eigenvalue weighted by Crippen LogP contribution is -2.33. The zero-order chi connectivity index (χ0) is 13.8. The Bertz CT molecular complexity index is 577. The number of carbonyl (C=O) groups is 2. The van der Waals surface area contributed by atoms with Gasteiger partial charge < -0.3 is 10.0 Å². The molecule has 2 aliphatic rings. The molecule has 0 saturated heterocycles. The minimum Gasteiger partial charge on any atom is -0.477 e. The number of carboxylic acid groups (broad SMARTS) is 1. The van der Waals surface area contributed by atoms with Crippen molar-refractivity contribution in [1.29, 1.82) is 0 Å². The third-order valence-electron chi connectivity index (χ3n) is 4.18. The molecule has 1 amide bonds. The van der Waals surface area contributed by atoms with Crippen LogP contribution in [0.25, 0.3) is 0 Å². The van der Waals surface area contributed by atoms with E-state index in [9.17, 15) is 9.59 Å². The summed E-state index contributed by atoms with van der Waals surface area (Å²) in [7, 11) is 0. The first-order chi connectivity index (χ1) is 8.98. The Hall–Kier alpha value is -0.880. The molecule has 6 heteroatoms.